The Bertz CT molecular complexity index is 540. The summed E-state index contributed by atoms with van der Waals surface area (Å²) >= 11 is 0. The van der Waals surface area contributed by atoms with Crippen LogP contribution in [0.2, 0.25) is 0 Å². The van der Waals surface area contributed by atoms with E-state index in [0.29, 0.717) is 16.7 Å². The summed E-state index contributed by atoms with van der Waals surface area (Å²) in [4.78, 5) is 0. The number of aliphatic hydroxyl groups excluding tert-OH is 1. The molecule has 9 atom stereocenters. The maximum atomic E-state index is 10.2. The van der Waals surface area contributed by atoms with Crippen LogP contribution in [0.5, 0.6) is 0 Å². The normalized spacial score (nSPS) is 49.4. The molecule has 0 aromatic rings. The number of hydrogen-bond acceptors (Lipinski definition) is 1. The molecule has 4 saturated carbocycles. The Balaban J connectivity index is 1.42. The monoisotopic (exact) mass is 388 g/mol. The van der Waals surface area contributed by atoms with Gasteiger partial charge in [-0.1, -0.05) is 47.5 Å². The molecule has 1 nitrogen and oxygen atoms in total. The number of rotatable bonds is 5. The molecular weight excluding hydrogens is 340 g/mol. The van der Waals surface area contributed by atoms with Crippen molar-refractivity contribution in [2.75, 3.05) is 0 Å². The van der Waals surface area contributed by atoms with E-state index in [-0.39, 0.29) is 6.10 Å². The van der Waals surface area contributed by atoms with E-state index in [9.17, 15) is 5.11 Å². The zero-order chi connectivity index (χ0) is 20.1. The van der Waals surface area contributed by atoms with Crippen LogP contribution in [0.4, 0.5) is 0 Å². The minimum absolute atomic E-state index is 0.0929. The second-order valence-corrected chi connectivity index (χ2v) is 12.6. The molecule has 4 fully saturated rings. The molecule has 0 spiro atoms. The van der Waals surface area contributed by atoms with Crippen molar-refractivity contribution >= 4 is 0 Å². The third-order valence-corrected chi connectivity index (χ3v) is 10.9. The molecule has 0 saturated heterocycles. The van der Waals surface area contributed by atoms with Crippen LogP contribution in [-0.4, -0.2) is 11.2 Å². The Hall–Kier alpha value is -0.0400. The van der Waals surface area contributed by atoms with Crippen LogP contribution in [0.3, 0.4) is 0 Å². The first-order chi connectivity index (χ1) is 13.3. The minimum Gasteiger partial charge on any atom is -0.393 e. The molecule has 4 aliphatic carbocycles. The first kappa shape index (κ1) is 21.2. The standard InChI is InChI=1S/C27H48O/c1-18(2)25(28)8-6-7-20-10-12-23-22-11-9-21-17-19(3)13-15-27(21,5)24(22)14-16-26(20,23)4/h18-25,28H,6-17H2,1-5H3. The molecule has 0 amide bonds. The van der Waals surface area contributed by atoms with E-state index >= 15 is 0 Å². The van der Waals surface area contributed by atoms with E-state index in [4.69, 9.17) is 0 Å². The molecular formula is C27H48O. The van der Waals surface area contributed by atoms with E-state index < -0.39 is 0 Å². The number of fused-ring (bicyclic) bond motifs is 5. The van der Waals surface area contributed by atoms with E-state index in [0.717, 1.165) is 41.9 Å². The van der Waals surface area contributed by atoms with Crippen LogP contribution in [0, 0.1) is 52.3 Å². The SMILES string of the molecule is CC1CCC2(C)C(CCC3C4CCC(CCCC(O)C(C)C)C4(C)CCC32)C1. The summed E-state index contributed by atoms with van der Waals surface area (Å²) in [5.74, 6) is 6.39. The summed E-state index contributed by atoms with van der Waals surface area (Å²) in [7, 11) is 0. The highest BCUT2D eigenvalue weighted by molar-refractivity contribution is 5.09. The highest BCUT2D eigenvalue weighted by Gasteiger charge is 2.59. The van der Waals surface area contributed by atoms with E-state index in [1.54, 1.807) is 0 Å². The summed E-state index contributed by atoms with van der Waals surface area (Å²) in [6.07, 6.45) is 17.1. The van der Waals surface area contributed by atoms with Gasteiger partial charge in [-0.15, -0.1) is 0 Å². The highest BCUT2D eigenvalue weighted by atomic mass is 16.3. The molecule has 1 N–H and O–H groups in total. The van der Waals surface area contributed by atoms with Crippen LogP contribution in [0.25, 0.3) is 0 Å². The van der Waals surface area contributed by atoms with Crippen molar-refractivity contribution in [3.8, 4) is 0 Å². The summed E-state index contributed by atoms with van der Waals surface area (Å²) in [6, 6.07) is 0. The van der Waals surface area contributed by atoms with Gasteiger partial charge in [-0.3, -0.25) is 0 Å². The zero-order valence-electron chi connectivity index (χ0n) is 19.6. The molecule has 0 bridgehead atoms. The molecule has 0 heterocycles. The van der Waals surface area contributed by atoms with Gasteiger partial charge in [0.1, 0.15) is 0 Å². The Morgan fingerprint density at radius 2 is 1.61 bits per heavy atom. The third kappa shape index (κ3) is 3.50. The van der Waals surface area contributed by atoms with Gasteiger partial charge in [0.2, 0.25) is 0 Å². The van der Waals surface area contributed by atoms with Gasteiger partial charge >= 0.3 is 0 Å². The molecule has 162 valence electrons. The summed E-state index contributed by atoms with van der Waals surface area (Å²) < 4.78 is 0. The van der Waals surface area contributed by atoms with Gasteiger partial charge in [0.25, 0.3) is 0 Å². The lowest BCUT2D eigenvalue weighted by Gasteiger charge is -2.61. The second-order valence-electron chi connectivity index (χ2n) is 12.6. The lowest BCUT2D eigenvalue weighted by atomic mass is 9.44. The molecule has 4 rings (SSSR count). The lowest BCUT2D eigenvalue weighted by molar-refractivity contribution is -0.117. The van der Waals surface area contributed by atoms with Crippen LogP contribution < -0.4 is 0 Å². The Kier molecular flexibility index (Phi) is 5.98. The topological polar surface area (TPSA) is 20.2 Å². The van der Waals surface area contributed by atoms with Crippen molar-refractivity contribution < 1.29 is 5.11 Å². The Morgan fingerprint density at radius 3 is 2.36 bits per heavy atom. The predicted octanol–water partition coefficient (Wildman–Crippen LogP) is 7.47. The summed E-state index contributed by atoms with van der Waals surface area (Å²) in [5.41, 5.74) is 1.27. The van der Waals surface area contributed by atoms with E-state index in [2.05, 4.69) is 34.6 Å². The molecule has 1 heteroatoms. The molecule has 0 radical (unpaired) electrons. The minimum atomic E-state index is -0.0929. The molecule has 28 heavy (non-hydrogen) atoms. The molecule has 0 aromatic carbocycles. The number of hydrogen-bond donors (Lipinski definition) is 1. The molecule has 0 aliphatic heterocycles. The largest absolute Gasteiger partial charge is 0.393 e. The van der Waals surface area contributed by atoms with Gasteiger partial charge in [-0.2, -0.15) is 0 Å². The van der Waals surface area contributed by atoms with Crippen molar-refractivity contribution in [3.63, 3.8) is 0 Å². The summed E-state index contributed by atoms with van der Waals surface area (Å²) in [6.45, 7) is 12.2. The second kappa shape index (κ2) is 7.90. The van der Waals surface area contributed by atoms with Gasteiger partial charge in [-0.05, 0) is 116 Å². The van der Waals surface area contributed by atoms with Crippen molar-refractivity contribution in [2.45, 2.75) is 118 Å². The predicted molar refractivity (Wildman–Crippen MR) is 119 cm³/mol. The Morgan fingerprint density at radius 1 is 0.893 bits per heavy atom. The van der Waals surface area contributed by atoms with Crippen LogP contribution in [0.1, 0.15) is 112 Å². The highest BCUT2D eigenvalue weighted by Crippen LogP contribution is 2.68. The van der Waals surface area contributed by atoms with Gasteiger partial charge < -0.3 is 5.11 Å². The van der Waals surface area contributed by atoms with E-state index in [1.807, 2.05) is 0 Å². The fourth-order valence-electron chi connectivity index (χ4n) is 8.96. The van der Waals surface area contributed by atoms with Crippen molar-refractivity contribution in [2.24, 2.45) is 52.3 Å². The maximum Gasteiger partial charge on any atom is 0.0563 e. The van der Waals surface area contributed by atoms with Crippen LogP contribution >= 0.6 is 0 Å². The Labute approximate surface area is 175 Å². The average Bonchev–Trinajstić information content (AvgIpc) is 2.99. The van der Waals surface area contributed by atoms with Gasteiger partial charge in [0.05, 0.1) is 6.10 Å². The fraction of sp³-hybridized carbons (Fsp3) is 1.00. The van der Waals surface area contributed by atoms with Crippen molar-refractivity contribution in [3.05, 3.63) is 0 Å². The van der Waals surface area contributed by atoms with Crippen LogP contribution in [-0.2, 0) is 0 Å². The fourth-order valence-corrected chi connectivity index (χ4v) is 8.96. The molecule has 9 unspecified atom stereocenters. The number of aliphatic hydroxyl groups is 1. The van der Waals surface area contributed by atoms with Crippen molar-refractivity contribution in [1.29, 1.82) is 0 Å². The average molecular weight is 389 g/mol. The zero-order valence-corrected chi connectivity index (χ0v) is 19.6. The first-order valence-corrected chi connectivity index (χ1v) is 12.9. The third-order valence-electron chi connectivity index (χ3n) is 10.9. The van der Waals surface area contributed by atoms with Gasteiger partial charge in [0, 0.05) is 0 Å². The van der Waals surface area contributed by atoms with Crippen LogP contribution in [0.15, 0.2) is 0 Å². The van der Waals surface area contributed by atoms with Gasteiger partial charge in [0.15, 0.2) is 0 Å². The smallest absolute Gasteiger partial charge is 0.0563 e. The van der Waals surface area contributed by atoms with E-state index in [1.165, 1.54) is 70.6 Å². The summed E-state index contributed by atoms with van der Waals surface area (Å²) in [5, 5.41) is 10.2. The quantitative estimate of drug-likeness (QED) is 0.518. The lowest BCUT2D eigenvalue weighted by Crippen LogP contribution is -2.53. The first-order valence-electron chi connectivity index (χ1n) is 12.9. The molecule has 0 aromatic heterocycles. The van der Waals surface area contributed by atoms with Crippen molar-refractivity contribution in [1.82, 2.24) is 0 Å². The van der Waals surface area contributed by atoms with Gasteiger partial charge in [-0.25, -0.2) is 0 Å². The maximum absolute atomic E-state index is 10.2. The molecule has 4 aliphatic rings.